The normalized spacial score (nSPS) is 54.1. The highest BCUT2D eigenvalue weighted by Crippen LogP contribution is 2.76. The molecule has 0 aromatic rings. The lowest BCUT2D eigenvalue weighted by atomic mass is 9.35. The highest BCUT2D eigenvalue weighted by molar-refractivity contribution is 5.87. The summed E-state index contributed by atoms with van der Waals surface area (Å²) in [6, 6.07) is 0. The Kier molecular flexibility index (Phi) is 7.41. The largest absolute Gasteiger partial charge is 0.450 e. The van der Waals surface area contributed by atoms with E-state index in [1.165, 1.54) is 25.7 Å². The van der Waals surface area contributed by atoms with Crippen molar-refractivity contribution in [3.8, 4) is 0 Å². The Hall–Kier alpha value is -1.62. The molecule has 15 unspecified atom stereocenters. The van der Waals surface area contributed by atoms with Crippen molar-refractivity contribution in [2.45, 2.75) is 126 Å². The zero-order valence-corrected chi connectivity index (χ0v) is 28.2. The smallest absolute Gasteiger partial charge is 0.331 e. The number of fused-ring (bicyclic) bond motifs is 8. The van der Waals surface area contributed by atoms with Crippen LogP contribution >= 0.6 is 0 Å². The number of carbonyl (C=O) groups excluding carboxylic acids is 2. The highest BCUT2D eigenvalue weighted by atomic mass is 16.5. The number of nitrogens with one attached hydrogen (secondary N) is 1. The van der Waals surface area contributed by atoms with Crippen LogP contribution in [0.3, 0.4) is 0 Å². The fraction of sp³-hybridized carbons (Fsp3) is 0.842. The number of hydrogen-bond acceptors (Lipinski definition) is 9. The zero-order valence-electron chi connectivity index (χ0n) is 28.2. The number of ether oxygens (including phenoxy) is 1. The first-order chi connectivity index (χ1) is 22.3. The maximum absolute atomic E-state index is 13.7. The number of rotatable bonds is 5. The third-order valence-corrected chi connectivity index (χ3v) is 16.2. The molecule has 0 amide bonds. The average Bonchev–Trinajstić information content (AvgIpc) is 3.73. The number of hydrogen-bond donors (Lipinski definition) is 6. The number of allylic oxidation sites excluding steroid dienone is 1. The Balaban J connectivity index is 1.27. The summed E-state index contributed by atoms with van der Waals surface area (Å²) in [4.78, 5) is 26.4. The topological polar surface area (TPSA) is 157 Å². The Morgan fingerprint density at radius 2 is 1.74 bits per heavy atom. The zero-order chi connectivity index (χ0) is 33.3. The van der Waals surface area contributed by atoms with Crippen LogP contribution in [-0.2, 0) is 14.3 Å². The van der Waals surface area contributed by atoms with Crippen molar-refractivity contribution in [3.05, 3.63) is 23.3 Å². The van der Waals surface area contributed by atoms with E-state index in [1.807, 2.05) is 14.0 Å². The van der Waals surface area contributed by atoms with Gasteiger partial charge in [-0.2, -0.15) is 0 Å². The fourth-order valence-corrected chi connectivity index (χ4v) is 14.1. The molecule has 0 spiro atoms. The monoisotopic (exact) mass is 653 g/mol. The minimum Gasteiger partial charge on any atom is -0.450 e. The van der Waals surface area contributed by atoms with E-state index in [1.54, 1.807) is 6.08 Å². The predicted octanol–water partition coefficient (Wildman–Crippen LogP) is 2.82. The summed E-state index contributed by atoms with van der Waals surface area (Å²) in [6.45, 7) is 4.78. The van der Waals surface area contributed by atoms with Gasteiger partial charge in [0.05, 0.1) is 23.2 Å². The summed E-state index contributed by atoms with van der Waals surface area (Å²) >= 11 is 0. The van der Waals surface area contributed by atoms with Crippen molar-refractivity contribution in [1.29, 1.82) is 0 Å². The van der Waals surface area contributed by atoms with E-state index in [0.29, 0.717) is 50.5 Å². The third-order valence-electron chi connectivity index (χ3n) is 16.2. The van der Waals surface area contributed by atoms with Crippen molar-refractivity contribution < 1.29 is 39.9 Å². The van der Waals surface area contributed by atoms with Gasteiger partial charge in [0.25, 0.3) is 0 Å². The second-order valence-corrected chi connectivity index (χ2v) is 17.5. The molecule has 1 aliphatic heterocycles. The number of carbonyl (C=O) groups is 2. The number of likely N-dealkylation sites (N-methyl/N-ethyl adjacent to an activating group) is 1. The van der Waals surface area contributed by atoms with Gasteiger partial charge in [-0.05, 0) is 99.1 Å². The van der Waals surface area contributed by atoms with Crippen LogP contribution in [0.15, 0.2) is 23.3 Å². The quantitative estimate of drug-likeness (QED) is 0.149. The van der Waals surface area contributed by atoms with Crippen molar-refractivity contribution in [2.24, 2.45) is 58.2 Å². The Labute approximate surface area is 278 Å². The van der Waals surface area contributed by atoms with Gasteiger partial charge in [-0.15, -0.1) is 0 Å². The lowest BCUT2D eigenvalue weighted by Gasteiger charge is -2.72. The van der Waals surface area contributed by atoms with E-state index in [-0.39, 0.29) is 30.6 Å². The summed E-state index contributed by atoms with van der Waals surface area (Å²) in [5.41, 5.74) is -6.24. The molecule has 1 heterocycles. The molecule has 260 valence electrons. The van der Waals surface area contributed by atoms with Gasteiger partial charge in [0, 0.05) is 35.8 Å². The Morgan fingerprint density at radius 3 is 2.45 bits per heavy atom. The SMILES string of the molecule is CNCC1=CC2CC3(O)C(C)(CCC4C5(C=O)CCC(O)C6CCC(C(C)C7CCCC7)CC(C(O)C43O)C65O)C2C2=CC(=O)OC12. The molecule has 0 aromatic heterocycles. The Morgan fingerprint density at radius 1 is 1.00 bits per heavy atom. The van der Waals surface area contributed by atoms with Crippen LogP contribution < -0.4 is 5.32 Å². The summed E-state index contributed by atoms with van der Waals surface area (Å²) in [5.74, 6) is -2.24. The molecular formula is C38H55NO8. The maximum atomic E-state index is 13.7. The van der Waals surface area contributed by atoms with Gasteiger partial charge in [0.1, 0.15) is 23.6 Å². The number of aliphatic hydroxyl groups is 5. The van der Waals surface area contributed by atoms with E-state index in [4.69, 9.17) is 4.74 Å². The molecule has 0 radical (unpaired) electrons. The van der Waals surface area contributed by atoms with E-state index in [0.717, 1.165) is 23.9 Å². The lowest BCUT2D eigenvalue weighted by molar-refractivity contribution is -0.373. The second-order valence-electron chi connectivity index (χ2n) is 17.5. The minimum absolute atomic E-state index is 0.152. The summed E-state index contributed by atoms with van der Waals surface area (Å²) < 4.78 is 5.78. The van der Waals surface area contributed by atoms with Crippen LogP contribution in [0.1, 0.15) is 90.9 Å². The minimum atomic E-state index is -2.09. The van der Waals surface area contributed by atoms with Crippen molar-refractivity contribution in [1.82, 2.24) is 5.32 Å². The molecule has 0 saturated heterocycles. The molecule has 6 saturated carbocycles. The fourth-order valence-electron chi connectivity index (χ4n) is 14.1. The molecule has 9 heteroatoms. The van der Waals surface area contributed by atoms with Crippen LogP contribution in [0.4, 0.5) is 0 Å². The van der Waals surface area contributed by atoms with E-state index in [2.05, 4.69) is 18.3 Å². The molecule has 9 nitrogen and oxygen atoms in total. The first-order valence-corrected chi connectivity index (χ1v) is 18.6. The molecule has 0 aromatic carbocycles. The first kappa shape index (κ1) is 32.6. The van der Waals surface area contributed by atoms with Crippen molar-refractivity contribution in [2.75, 3.05) is 13.6 Å². The van der Waals surface area contributed by atoms with Gasteiger partial charge in [-0.25, -0.2) is 4.79 Å². The van der Waals surface area contributed by atoms with Crippen LogP contribution in [-0.4, -0.2) is 86.5 Å². The van der Waals surface area contributed by atoms with E-state index < -0.39 is 69.7 Å². The van der Waals surface area contributed by atoms with Gasteiger partial charge in [-0.1, -0.05) is 45.6 Å². The number of aliphatic hydroxyl groups excluding tert-OH is 2. The summed E-state index contributed by atoms with van der Waals surface area (Å²) in [5, 5.41) is 67.4. The standard InChI is InChI=1S/C38H55NO8/c1-20(21-6-4-5-7-21)22-8-9-26-28(41)10-13-35(19-40)29-11-12-34(2)31-23(14-24(18-39-3)32-25(31)16-30(42)47-32)17-36(34,44)38(29,46)33(43)27(15-22)37(26,35)45/h14,16,19-23,26-29,31-33,39,41,43-46H,4-13,15,17-18H2,1-3H3. The molecular weight excluding hydrogens is 598 g/mol. The third kappa shape index (κ3) is 3.82. The van der Waals surface area contributed by atoms with E-state index >= 15 is 0 Å². The molecule has 47 heavy (non-hydrogen) atoms. The van der Waals surface area contributed by atoms with E-state index in [9.17, 15) is 35.1 Å². The molecule has 6 N–H and O–H groups in total. The van der Waals surface area contributed by atoms with Crippen molar-refractivity contribution in [3.63, 3.8) is 0 Å². The predicted molar refractivity (Wildman–Crippen MR) is 172 cm³/mol. The van der Waals surface area contributed by atoms with Crippen LogP contribution in [0.5, 0.6) is 0 Å². The average molecular weight is 654 g/mol. The van der Waals surface area contributed by atoms with Crippen molar-refractivity contribution >= 4 is 12.3 Å². The maximum Gasteiger partial charge on any atom is 0.331 e. The summed E-state index contributed by atoms with van der Waals surface area (Å²) in [7, 11) is 1.84. The van der Waals surface area contributed by atoms with Gasteiger partial charge in [0.15, 0.2) is 0 Å². The highest BCUT2D eigenvalue weighted by Gasteiger charge is 2.84. The lowest BCUT2D eigenvalue weighted by Crippen LogP contribution is -2.85. The van der Waals surface area contributed by atoms with Gasteiger partial charge in [0.2, 0.25) is 0 Å². The van der Waals surface area contributed by atoms with Gasteiger partial charge >= 0.3 is 5.97 Å². The van der Waals surface area contributed by atoms with Crippen LogP contribution in [0, 0.1) is 58.2 Å². The molecule has 6 fully saturated rings. The number of esters is 1. The molecule has 0 bridgehead atoms. The molecule has 8 rings (SSSR count). The second kappa shape index (κ2) is 10.7. The number of aldehydes is 1. The first-order valence-electron chi connectivity index (χ1n) is 18.6. The molecule has 15 atom stereocenters. The van der Waals surface area contributed by atoms with Crippen LogP contribution in [0.2, 0.25) is 0 Å². The van der Waals surface area contributed by atoms with Gasteiger partial charge < -0.3 is 40.4 Å². The molecule has 7 aliphatic carbocycles. The van der Waals surface area contributed by atoms with Crippen LogP contribution in [0.25, 0.3) is 0 Å². The molecule has 8 aliphatic rings. The Bertz CT molecular complexity index is 1390. The summed E-state index contributed by atoms with van der Waals surface area (Å²) in [6.07, 6.45) is 9.68. The van der Waals surface area contributed by atoms with Gasteiger partial charge in [-0.3, -0.25) is 0 Å².